The van der Waals surface area contributed by atoms with E-state index in [1.54, 1.807) is 0 Å². The first-order valence-corrected chi connectivity index (χ1v) is 19.9. The molecule has 1 spiro atoms. The van der Waals surface area contributed by atoms with Gasteiger partial charge < -0.3 is 9.30 Å². The molecule has 9 aromatic carbocycles. The van der Waals surface area contributed by atoms with Crippen LogP contribution in [0.1, 0.15) is 22.3 Å². The highest BCUT2D eigenvalue weighted by molar-refractivity contribution is 6.29. The zero-order valence-electron chi connectivity index (χ0n) is 31.0. The Bertz CT molecular complexity index is 3350. The molecular formula is C55H34N2. The fourth-order valence-corrected chi connectivity index (χ4v) is 10.8. The highest BCUT2D eigenvalue weighted by atomic mass is 15.1. The standard InChI is InChI=1S/C55H34N2/c1-3-16-35(17-4-1)36-30-32-38(33-31-36)56(37-18-5-2-6-19-37)50-34-48-51(54-52(50)44-25-15-24-42-41-22-10-14-29-49(41)57(54)53(42)44)43-23-9-13-28-47(43)55(48)45-26-11-7-20-39(45)40-21-8-12-27-46(40)55/h1-34H. The minimum atomic E-state index is -0.501. The maximum Gasteiger partial charge on any atom is 0.0727 e. The van der Waals surface area contributed by atoms with Gasteiger partial charge in [0.25, 0.3) is 0 Å². The minimum Gasteiger partial charge on any atom is -0.310 e. The van der Waals surface area contributed by atoms with Gasteiger partial charge in [0.15, 0.2) is 0 Å². The van der Waals surface area contributed by atoms with E-state index in [0.29, 0.717) is 0 Å². The number of para-hydroxylation sites is 3. The summed E-state index contributed by atoms with van der Waals surface area (Å²) in [4.78, 5) is 2.50. The molecule has 0 N–H and O–H groups in total. The largest absolute Gasteiger partial charge is 0.310 e. The van der Waals surface area contributed by atoms with Crippen molar-refractivity contribution >= 4 is 55.2 Å². The summed E-state index contributed by atoms with van der Waals surface area (Å²) >= 11 is 0. The number of hydrogen-bond acceptors (Lipinski definition) is 1. The zero-order valence-corrected chi connectivity index (χ0v) is 31.0. The van der Waals surface area contributed by atoms with E-state index >= 15 is 0 Å². The third-order valence-corrected chi connectivity index (χ3v) is 12.9. The predicted octanol–water partition coefficient (Wildman–Crippen LogP) is 14.3. The van der Waals surface area contributed by atoms with E-state index in [-0.39, 0.29) is 0 Å². The summed E-state index contributed by atoms with van der Waals surface area (Å²) in [5.41, 5.74) is 19.7. The Morgan fingerprint density at radius 3 is 1.61 bits per heavy atom. The van der Waals surface area contributed by atoms with E-state index in [9.17, 15) is 0 Å². The smallest absolute Gasteiger partial charge is 0.0727 e. The molecule has 0 radical (unpaired) electrons. The lowest BCUT2D eigenvalue weighted by atomic mass is 9.70. The Morgan fingerprint density at radius 1 is 0.368 bits per heavy atom. The van der Waals surface area contributed by atoms with Crippen molar-refractivity contribution in [1.29, 1.82) is 0 Å². The van der Waals surface area contributed by atoms with E-state index in [1.807, 2.05) is 0 Å². The van der Waals surface area contributed by atoms with Crippen LogP contribution in [0.4, 0.5) is 17.1 Å². The SMILES string of the molecule is c1ccc(-c2ccc(N(c3ccccc3)c3cc4c(c5c3c3cccc6c7ccccc7n5c63)-c3ccccc3C43c4ccccc4-c4ccccc43)cc2)cc1. The van der Waals surface area contributed by atoms with Gasteiger partial charge in [-0.15, -0.1) is 0 Å². The molecule has 0 saturated heterocycles. The van der Waals surface area contributed by atoms with Gasteiger partial charge in [-0.1, -0.05) is 170 Å². The van der Waals surface area contributed by atoms with Gasteiger partial charge in [0.05, 0.1) is 27.7 Å². The molecule has 57 heavy (non-hydrogen) atoms. The zero-order chi connectivity index (χ0) is 37.2. The van der Waals surface area contributed by atoms with Crippen molar-refractivity contribution < 1.29 is 0 Å². The number of fused-ring (bicyclic) bond motifs is 17. The van der Waals surface area contributed by atoms with Crippen LogP contribution in [-0.4, -0.2) is 4.40 Å². The van der Waals surface area contributed by atoms with Crippen LogP contribution in [0.3, 0.4) is 0 Å². The lowest BCUT2D eigenvalue weighted by Gasteiger charge is -2.32. The number of anilines is 3. The Labute approximate surface area is 330 Å². The maximum absolute atomic E-state index is 2.60. The first-order chi connectivity index (χ1) is 28.3. The second kappa shape index (κ2) is 11.3. The molecule has 2 aromatic heterocycles. The minimum absolute atomic E-state index is 0.501. The highest BCUT2D eigenvalue weighted by Crippen LogP contribution is 2.65. The predicted molar refractivity (Wildman–Crippen MR) is 238 cm³/mol. The fraction of sp³-hybridized carbons (Fsp3) is 0.0182. The third kappa shape index (κ3) is 3.89. The van der Waals surface area contributed by atoms with Crippen molar-refractivity contribution in [3.8, 4) is 33.4 Å². The molecule has 11 aromatic rings. The Kier molecular flexibility index (Phi) is 6.13. The van der Waals surface area contributed by atoms with E-state index in [4.69, 9.17) is 0 Å². The van der Waals surface area contributed by atoms with Gasteiger partial charge in [0.1, 0.15) is 0 Å². The molecule has 2 heterocycles. The molecule has 264 valence electrons. The summed E-state index contributed by atoms with van der Waals surface area (Å²) in [6, 6.07) is 76.6. The quantitative estimate of drug-likeness (QED) is 0.176. The number of hydrogen-bond donors (Lipinski definition) is 0. The fourth-order valence-electron chi connectivity index (χ4n) is 10.8. The monoisotopic (exact) mass is 722 g/mol. The summed E-state index contributed by atoms with van der Waals surface area (Å²) in [6.45, 7) is 0. The molecule has 0 bridgehead atoms. The van der Waals surface area contributed by atoms with Gasteiger partial charge in [-0.05, 0) is 86.5 Å². The molecule has 2 nitrogen and oxygen atoms in total. The Morgan fingerprint density at radius 2 is 0.895 bits per heavy atom. The lowest BCUT2D eigenvalue weighted by molar-refractivity contribution is 0.794. The summed E-state index contributed by atoms with van der Waals surface area (Å²) in [6.07, 6.45) is 0. The van der Waals surface area contributed by atoms with Crippen LogP contribution in [0.25, 0.3) is 71.5 Å². The molecule has 2 heteroatoms. The summed E-state index contributed by atoms with van der Waals surface area (Å²) in [5.74, 6) is 0. The normalized spacial score (nSPS) is 13.4. The summed E-state index contributed by atoms with van der Waals surface area (Å²) < 4.78 is 2.60. The van der Waals surface area contributed by atoms with Crippen LogP contribution in [0.15, 0.2) is 206 Å². The van der Waals surface area contributed by atoms with Crippen LogP contribution in [0.2, 0.25) is 0 Å². The van der Waals surface area contributed by atoms with Crippen molar-refractivity contribution in [1.82, 2.24) is 4.40 Å². The average Bonchev–Trinajstić information content (AvgIpc) is 3.99. The van der Waals surface area contributed by atoms with Crippen molar-refractivity contribution in [3.05, 3.63) is 229 Å². The van der Waals surface area contributed by atoms with E-state index < -0.39 is 5.41 Å². The van der Waals surface area contributed by atoms with Crippen molar-refractivity contribution in [2.75, 3.05) is 4.90 Å². The van der Waals surface area contributed by atoms with Gasteiger partial charge in [0.2, 0.25) is 0 Å². The highest BCUT2D eigenvalue weighted by Gasteiger charge is 2.53. The Hall–Kier alpha value is -7.42. The third-order valence-electron chi connectivity index (χ3n) is 12.9. The molecule has 2 aliphatic rings. The molecule has 0 fully saturated rings. The van der Waals surface area contributed by atoms with E-state index in [1.165, 1.54) is 99.4 Å². The average molecular weight is 723 g/mol. The van der Waals surface area contributed by atoms with Gasteiger partial charge in [0, 0.05) is 38.5 Å². The van der Waals surface area contributed by atoms with Crippen molar-refractivity contribution in [2.24, 2.45) is 0 Å². The van der Waals surface area contributed by atoms with Gasteiger partial charge in [-0.3, -0.25) is 0 Å². The molecule has 0 atom stereocenters. The summed E-state index contributed by atoms with van der Waals surface area (Å²) in [7, 11) is 0. The first-order valence-electron chi connectivity index (χ1n) is 19.9. The molecule has 0 unspecified atom stereocenters. The molecule has 0 aliphatic heterocycles. The maximum atomic E-state index is 2.60. The second-order valence-corrected chi connectivity index (χ2v) is 15.6. The Balaban J connectivity index is 1.24. The van der Waals surface area contributed by atoms with Crippen LogP contribution < -0.4 is 4.90 Å². The molecule has 0 amide bonds. The molecular weight excluding hydrogens is 689 g/mol. The molecule has 2 aliphatic carbocycles. The number of rotatable bonds is 4. The van der Waals surface area contributed by atoms with Crippen molar-refractivity contribution in [2.45, 2.75) is 5.41 Å². The topological polar surface area (TPSA) is 7.65 Å². The van der Waals surface area contributed by atoms with Gasteiger partial charge >= 0.3 is 0 Å². The van der Waals surface area contributed by atoms with Crippen LogP contribution in [0.5, 0.6) is 0 Å². The number of benzene rings is 9. The molecule has 13 rings (SSSR count). The van der Waals surface area contributed by atoms with Crippen LogP contribution in [0, 0.1) is 0 Å². The van der Waals surface area contributed by atoms with Crippen molar-refractivity contribution in [3.63, 3.8) is 0 Å². The van der Waals surface area contributed by atoms with Gasteiger partial charge in [-0.2, -0.15) is 0 Å². The summed E-state index contributed by atoms with van der Waals surface area (Å²) in [5, 5.41) is 5.11. The number of nitrogens with zero attached hydrogens (tertiary/aromatic N) is 2. The lowest BCUT2D eigenvalue weighted by Crippen LogP contribution is -2.26. The van der Waals surface area contributed by atoms with E-state index in [2.05, 4.69) is 216 Å². The second-order valence-electron chi connectivity index (χ2n) is 15.6. The van der Waals surface area contributed by atoms with E-state index in [0.717, 1.165) is 11.4 Å². The number of aromatic nitrogens is 1. The molecule has 0 saturated carbocycles. The van der Waals surface area contributed by atoms with Gasteiger partial charge in [-0.25, -0.2) is 0 Å². The first kappa shape index (κ1) is 30.9. The van der Waals surface area contributed by atoms with Crippen LogP contribution in [-0.2, 0) is 5.41 Å². The van der Waals surface area contributed by atoms with Crippen LogP contribution >= 0.6 is 0 Å².